The molecule has 2 rings (SSSR count). The number of nitrogens with two attached hydrogens (primary N) is 1. The van der Waals surface area contributed by atoms with E-state index in [2.05, 4.69) is 0 Å². The number of carbonyl (C=O) groups excluding carboxylic acids is 1. The molecule has 3 unspecified atom stereocenters. The Bertz CT molecular complexity index is 229. The van der Waals surface area contributed by atoms with Crippen molar-refractivity contribution in [1.82, 2.24) is 0 Å². The molecule has 80 valence electrons. The summed E-state index contributed by atoms with van der Waals surface area (Å²) < 4.78 is 4.79. The van der Waals surface area contributed by atoms with Crippen molar-refractivity contribution >= 4 is 5.97 Å². The Hall–Kier alpha value is -0.570. The molecule has 4 atom stereocenters. The van der Waals surface area contributed by atoms with Crippen LogP contribution in [0.2, 0.25) is 0 Å². The second-order valence-electron chi connectivity index (χ2n) is 4.70. The van der Waals surface area contributed by atoms with E-state index in [9.17, 15) is 4.79 Å². The third kappa shape index (κ3) is 1.65. The van der Waals surface area contributed by atoms with E-state index >= 15 is 0 Å². The highest BCUT2D eigenvalue weighted by Crippen LogP contribution is 2.43. The number of hydrogen-bond donors (Lipinski definition) is 1. The van der Waals surface area contributed by atoms with E-state index in [0.29, 0.717) is 17.9 Å². The fourth-order valence-corrected chi connectivity index (χ4v) is 3.18. The van der Waals surface area contributed by atoms with E-state index in [0.717, 1.165) is 25.7 Å². The van der Waals surface area contributed by atoms with Gasteiger partial charge >= 0.3 is 5.97 Å². The van der Waals surface area contributed by atoms with E-state index in [4.69, 9.17) is 10.5 Å². The van der Waals surface area contributed by atoms with Gasteiger partial charge in [-0.25, -0.2) is 0 Å². The molecule has 0 bridgehead atoms. The van der Waals surface area contributed by atoms with Crippen LogP contribution in [0.4, 0.5) is 0 Å². The van der Waals surface area contributed by atoms with Gasteiger partial charge < -0.3 is 10.5 Å². The Labute approximate surface area is 85.0 Å². The van der Waals surface area contributed by atoms with Crippen molar-refractivity contribution in [2.75, 3.05) is 7.11 Å². The molecule has 0 heterocycles. The quantitative estimate of drug-likeness (QED) is 0.645. The molecule has 0 amide bonds. The summed E-state index contributed by atoms with van der Waals surface area (Å²) in [6, 6.07) is 0.388. The molecule has 0 aromatic heterocycles. The Balaban J connectivity index is 1.95. The maximum atomic E-state index is 11.4. The van der Waals surface area contributed by atoms with Gasteiger partial charge in [0.25, 0.3) is 0 Å². The Morgan fingerprint density at radius 3 is 2.79 bits per heavy atom. The van der Waals surface area contributed by atoms with Gasteiger partial charge in [0.15, 0.2) is 0 Å². The first-order valence-electron chi connectivity index (χ1n) is 5.55. The lowest BCUT2D eigenvalue weighted by atomic mass is 9.75. The van der Waals surface area contributed by atoms with Crippen LogP contribution >= 0.6 is 0 Å². The summed E-state index contributed by atoms with van der Waals surface area (Å²) in [6.07, 6.45) is 5.45. The summed E-state index contributed by atoms with van der Waals surface area (Å²) in [6.45, 7) is 0. The zero-order chi connectivity index (χ0) is 10.1. The van der Waals surface area contributed by atoms with Gasteiger partial charge in [-0.2, -0.15) is 0 Å². The molecule has 2 fully saturated rings. The van der Waals surface area contributed by atoms with E-state index in [1.54, 1.807) is 0 Å². The molecule has 2 aliphatic carbocycles. The molecule has 2 saturated carbocycles. The van der Waals surface area contributed by atoms with E-state index in [-0.39, 0.29) is 11.9 Å². The van der Waals surface area contributed by atoms with Gasteiger partial charge in [0.2, 0.25) is 0 Å². The van der Waals surface area contributed by atoms with Gasteiger partial charge in [-0.3, -0.25) is 4.79 Å². The number of hydrogen-bond acceptors (Lipinski definition) is 3. The van der Waals surface area contributed by atoms with Gasteiger partial charge in [-0.15, -0.1) is 0 Å². The molecule has 0 saturated heterocycles. The number of methoxy groups -OCH3 is 1. The second kappa shape index (κ2) is 3.89. The van der Waals surface area contributed by atoms with Crippen LogP contribution in [-0.4, -0.2) is 19.1 Å². The van der Waals surface area contributed by atoms with Crippen molar-refractivity contribution in [2.45, 2.75) is 38.1 Å². The summed E-state index contributed by atoms with van der Waals surface area (Å²) in [5.74, 6) is 1.48. The third-order valence-electron chi connectivity index (χ3n) is 4.00. The van der Waals surface area contributed by atoms with E-state index < -0.39 is 0 Å². The van der Waals surface area contributed by atoms with Crippen LogP contribution in [0.1, 0.15) is 32.1 Å². The molecule has 14 heavy (non-hydrogen) atoms. The molecule has 2 N–H and O–H groups in total. The Kier molecular flexibility index (Phi) is 2.77. The molecule has 0 spiro atoms. The van der Waals surface area contributed by atoms with E-state index in [1.165, 1.54) is 13.5 Å². The smallest absolute Gasteiger partial charge is 0.308 e. The van der Waals surface area contributed by atoms with Gasteiger partial charge in [0.1, 0.15) is 0 Å². The summed E-state index contributed by atoms with van der Waals surface area (Å²) in [4.78, 5) is 11.4. The minimum Gasteiger partial charge on any atom is -0.469 e. The number of ether oxygens (including phenoxy) is 1. The lowest BCUT2D eigenvalue weighted by molar-refractivity contribution is -0.147. The first-order valence-corrected chi connectivity index (χ1v) is 5.55. The van der Waals surface area contributed by atoms with Gasteiger partial charge in [0, 0.05) is 6.04 Å². The molecule has 2 aliphatic rings. The molecule has 0 aliphatic heterocycles. The topological polar surface area (TPSA) is 52.3 Å². The van der Waals surface area contributed by atoms with Crippen LogP contribution in [0.3, 0.4) is 0 Å². The molecule has 0 aromatic rings. The average molecular weight is 197 g/mol. The van der Waals surface area contributed by atoms with Crippen LogP contribution < -0.4 is 5.73 Å². The first-order chi connectivity index (χ1) is 6.72. The second-order valence-corrected chi connectivity index (χ2v) is 4.70. The van der Waals surface area contributed by atoms with Crippen molar-refractivity contribution in [3.05, 3.63) is 0 Å². The van der Waals surface area contributed by atoms with Crippen LogP contribution in [0.15, 0.2) is 0 Å². The lowest BCUT2D eigenvalue weighted by Gasteiger charge is -2.31. The zero-order valence-electron chi connectivity index (χ0n) is 8.74. The fraction of sp³-hybridized carbons (Fsp3) is 0.909. The van der Waals surface area contributed by atoms with Crippen molar-refractivity contribution in [2.24, 2.45) is 23.5 Å². The summed E-state index contributed by atoms with van der Waals surface area (Å²) in [5, 5.41) is 0. The van der Waals surface area contributed by atoms with Crippen LogP contribution in [-0.2, 0) is 9.53 Å². The number of fused-ring (bicyclic) bond motifs is 1. The highest BCUT2D eigenvalue weighted by atomic mass is 16.5. The van der Waals surface area contributed by atoms with Crippen LogP contribution in [0, 0.1) is 17.8 Å². The number of carbonyl (C=O) groups is 1. The van der Waals surface area contributed by atoms with Crippen molar-refractivity contribution < 1.29 is 9.53 Å². The molecule has 0 aromatic carbocycles. The highest BCUT2D eigenvalue weighted by molar-refractivity contribution is 5.72. The normalized spacial score (nSPS) is 41.9. The maximum absolute atomic E-state index is 11.4. The summed E-state index contributed by atoms with van der Waals surface area (Å²) in [7, 11) is 1.48. The van der Waals surface area contributed by atoms with Crippen molar-refractivity contribution in [3.63, 3.8) is 0 Å². The van der Waals surface area contributed by atoms with Crippen molar-refractivity contribution in [1.29, 1.82) is 0 Å². The maximum Gasteiger partial charge on any atom is 0.308 e. The third-order valence-corrected chi connectivity index (χ3v) is 4.00. The van der Waals surface area contributed by atoms with Crippen LogP contribution in [0.5, 0.6) is 0 Å². The summed E-state index contributed by atoms with van der Waals surface area (Å²) in [5.41, 5.74) is 6.03. The predicted octanol–water partition coefficient (Wildman–Crippen LogP) is 1.31. The zero-order valence-corrected chi connectivity index (χ0v) is 8.74. The molecule has 3 nitrogen and oxygen atoms in total. The monoisotopic (exact) mass is 197 g/mol. The van der Waals surface area contributed by atoms with Crippen LogP contribution in [0.25, 0.3) is 0 Å². The fourth-order valence-electron chi connectivity index (χ4n) is 3.18. The van der Waals surface area contributed by atoms with Gasteiger partial charge in [0.05, 0.1) is 13.0 Å². The average Bonchev–Trinajstić information content (AvgIpc) is 2.59. The molecule has 0 radical (unpaired) electrons. The SMILES string of the molecule is COC(=O)C1CCC2C(CC[C@@H]2N)C1. The summed E-state index contributed by atoms with van der Waals surface area (Å²) >= 11 is 0. The molecular formula is C11H19NO2. The standard InChI is InChI=1S/C11H19NO2/c1-14-11(13)8-2-4-9-7(6-8)3-5-10(9)12/h7-10H,2-6,12H2,1H3/t7?,8?,9?,10-/m0/s1. The van der Waals surface area contributed by atoms with Gasteiger partial charge in [-0.05, 0) is 43.9 Å². The molecule has 3 heteroatoms. The highest BCUT2D eigenvalue weighted by Gasteiger charge is 2.40. The predicted molar refractivity (Wildman–Crippen MR) is 53.5 cm³/mol. The Morgan fingerprint density at radius 1 is 1.29 bits per heavy atom. The van der Waals surface area contributed by atoms with E-state index in [1.807, 2.05) is 0 Å². The van der Waals surface area contributed by atoms with Gasteiger partial charge in [-0.1, -0.05) is 0 Å². The minimum atomic E-state index is -0.0241. The lowest BCUT2D eigenvalue weighted by Crippen LogP contribution is -2.34. The van der Waals surface area contributed by atoms with Crippen molar-refractivity contribution in [3.8, 4) is 0 Å². The first kappa shape index (κ1) is 9.97. The Morgan fingerprint density at radius 2 is 2.07 bits per heavy atom. The molecular weight excluding hydrogens is 178 g/mol. The number of esters is 1. The largest absolute Gasteiger partial charge is 0.469 e. The minimum absolute atomic E-state index is 0.0241. The number of rotatable bonds is 1.